The summed E-state index contributed by atoms with van der Waals surface area (Å²) in [4.78, 5) is 2.26. The van der Waals surface area contributed by atoms with Crippen LogP contribution in [0.25, 0.3) is 6.08 Å². The highest BCUT2D eigenvalue weighted by molar-refractivity contribution is 5.47. The average Bonchev–Trinajstić information content (AvgIpc) is 2.40. The number of hydrogen-bond donors (Lipinski definition) is 0. The molecule has 0 amide bonds. The Bertz CT molecular complexity index is 314. The molecule has 2 nitrogen and oxygen atoms in total. The lowest BCUT2D eigenvalue weighted by molar-refractivity contribution is 0.0359. The van der Waals surface area contributed by atoms with E-state index >= 15 is 0 Å². The standard InChI is InChI=1S/C15H23NO/c1-4-14-7-9-15(10-8-14)11-12-17-13-16(5-2)6-3/h4,7-10H,1,5-6,11-13H2,2-3H3. The number of rotatable bonds is 8. The van der Waals surface area contributed by atoms with Crippen molar-refractivity contribution in [1.29, 1.82) is 0 Å². The van der Waals surface area contributed by atoms with Crippen molar-refractivity contribution < 1.29 is 4.74 Å². The van der Waals surface area contributed by atoms with Crippen molar-refractivity contribution in [2.45, 2.75) is 20.3 Å². The highest BCUT2D eigenvalue weighted by Crippen LogP contribution is 2.06. The molecule has 0 bridgehead atoms. The highest BCUT2D eigenvalue weighted by Gasteiger charge is 1.98. The Morgan fingerprint density at radius 2 is 1.82 bits per heavy atom. The van der Waals surface area contributed by atoms with Gasteiger partial charge < -0.3 is 4.74 Å². The molecule has 0 aliphatic rings. The Hall–Kier alpha value is -1.12. The molecule has 0 atom stereocenters. The molecular formula is C15H23NO. The minimum atomic E-state index is 0.734. The summed E-state index contributed by atoms with van der Waals surface area (Å²) in [7, 11) is 0. The minimum Gasteiger partial charge on any atom is -0.366 e. The van der Waals surface area contributed by atoms with Gasteiger partial charge in [0.25, 0.3) is 0 Å². The van der Waals surface area contributed by atoms with Crippen LogP contribution >= 0.6 is 0 Å². The maximum absolute atomic E-state index is 5.64. The fourth-order valence-electron chi connectivity index (χ4n) is 1.61. The van der Waals surface area contributed by atoms with Crippen molar-refractivity contribution in [3.8, 4) is 0 Å². The summed E-state index contributed by atoms with van der Waals surface area (Å²) >= 11 is 0. The Labute approximate surface area is 105 Å². The molecule has 0 radical (unpaired) electrons. The van der Waals surface area contributed by atoms with Gasteiger partial charge in [0.1, 0.15) is 0 Å². The lowest BCUT2D eigenvalue weighted by Crippen LogP contribution is -2.26. The van der Waals surface area contributed by atoms with Crippen molar-refractivity contribution in [3.63, 3.8) is 0 Å². The lowest BCUT2D eigenvalue weighted by Gasteiger charge is -2.17. The first kappa shape index (κ1) is 13.9. The van der Waals surface area contributed by atoms with Crippen LogP contribution in [0.3, 0.4) is 0 Å². The molecule has 0 aliphatic heterocycles. The Balaban J connectivity index is 2.23. The second-order valence-electron chi connectivity index (χ2n) is 4.04. The van der Waals surface area contributed by atoms with Gasteiger partial charge in [0.05, 0.1) is 13.3 Å². The van der Waals surface area contributed by atoms with Gasteiger partial charge in [-0.2, -0.15) is 0 Å². The van der Waals surface area contributed by atoms with Crippen LogP contribution in [-0.4, -0.2) is 31.3 Å². The Kier molecular flexibility index (Phi) is 6.60. The van der Waals surface area contributed by atoms with E-state index in [0.29, 0.717) is 0 Å². The number of ether oxygens (including phenoxy) is 1. The first-order valence-corrected chi connectivity index (χ1v) is 6.31. The van der Waals surface area contributed by atoms with E-state index in [9.17, 15) is 0 Å². The second kappa shape index (κ2) is 8.04. The summed E-state index contributed by atoms with van der Waals surface area (Å²) in [6.45, 7) is 11.7. The third kappa shape index (κ3) is 5.16. The van der Waals surface area contributed by atoms with E-state index in [2.05, 4.69) is 49.6 Å². The summed E-state index contributed by atoms with van der Waals surface area (Å²) in [5, 5.41) is 0. The van der Waals surface area contributed by atoms with E-state index in [-0.39, 0.29) is 0 Å². The van der Waals surface area contributed by atoms with Crippen LogP contribution in [-0.2, 0) is 11.2 Å². The van der Waals surface area contributed by atoms with Gasteiger partial charge in [-0.1, -0.05) is 50.8 Å². The lowest BCUT2D eigenvalue weighted by atomic mass is 10.1. The number of benzene rings is 1. The zero-order valence-corrected chi connectivity index (χ0v) is 11.0. The molecule has 0 saturated carbocycles. The molecule has 17 heavy (non-hydrogen) atoms. The average molecular weight is 233 g/mol. The molecule has 1 aromatic carbocycles. The third-order valence-electron chi connectivity index (χ3n) is 2.92. The molecular weight excluding hydrogens is 210 g/mol. The summed E-state index contributed by atoms with van der Waals surface area (Å²) in [6, 6.07) is 8.45. The molecule has 0 unspecified atom stereocenters. The SMILES string of the molecule is C=Cc1ccc(CCOCN(CC)CC)cc1. The summed E-state index contributed by atoms with van der Waals surface area (Å²) in [5.74, 6) is 0. The van der Waals surface area contributed by atoms with E-state index in [4.69, 9.17) is 4.74 Å². The molecule has 0 heterocycles. The topological polar surface area (TPSA) is 12.5 Å². The Morgan fingerprint density at radius 1 is 1.18 bits per heavy atom. The van der Waals surface area contributed by atoms with E-state index < -0.39 is 0 Å². The van der Waals surface area contributed by atoms with Gasteiger partial charge in [0.2, 0.25) is 0 Å². The fourth-order valence-corrected chi connectivity index (χ4v) is 1.61. The number of nitrogens with zero attached hydrogens (tertiary/aromatic N) is 1. The van der Waals surface area contributed by atoms with Crippen LogP contribution in [0, 0.1) is 0 Å². The van der Waals surface area contributed by atoms with Gasteiger partial charge in [-0.25, -0.2) is 0 Å². The summed E-state index contributed by atoms with van der Waals surface area (Å²) < 4.78 is 5.64. The van der Waals surface area contributed by atoms with E-state index in [1.165, 1.54) is 5.56 Å². The van der Waals surface area contributed by atoms with Crippen LogP contribution in [0.1, 0.15) is 25.0 Å². The minimum absolute atomic E-state index is 0.734. The first-order valence-electron chi connectivity index (χ1n) is 6.31. The highest BCUT2D eigenvalue weighted by atomic mass is 16.5. The van der Waals surface area contributed by atoms with E-state index in [0.717, 1.165) is 38.4 Å². The quantitative estimate of drug-likeness (QED) is 0.505. The zero-order valence-electron chi connectivity index (χ0n) is 11.0. The van der Waals surface area contributed by atoms with Gasteiger partial charge in [-0.3, -0.25) is 4.90 Å². The maximum atomic E-state index is 5.64. The largest absolute Gasteiger partial charge is 0.366 e. The molecule has 0 N–H and O–H groups in total. The summed E-state index contributed by atoms with van der Waals surface area (Å²) in [6.07, 6.45) is 2.83. The smallest absolute Gasteiger partial charge is 0.0990 e. The van der Waals surface area contributed by atoms with Crippen molar-refractivity contribution >= 4 is 6.08 Å². The van der Waals surface area contributed by atoms with Crippen LogP contribution < -0.4 is 0 Å². The molecule has 1 rings (SSSR count). The predicted octanol–water partition coefficient (Wildman–Crippen LogP) is 3.19. The molecule has 0 aliphatic carbocycles. The summed E-state index contributed by atoms with van der Waals surface area (Å²) in [5.41, 5.74) is 2.48. The molecule has 0 spiro atoms. The third-order valence-corrected chi connectivity index (χ3v) is 2.92. The van der Waals surface area contributed by atoms with Gasteiger partial charge in [0, 0.05) is 0 Å². The molecule has 2 heteroatoms. The van der Waals surface area contributed by atoms with Gasteiger partial charge in [-0.15, -0.1) is 0 Å². The van der Waals surface area contributed by atoms with Gasteiger partial charge in [-0.05, 0) is 30.6 Å². The maximum Gasteiger partial charge on any atom is 0.0990 e. The van der Waals surface area contributed by atoms with Crippen molar-refractivity contribution in [3.05, 3.63) is 42.0 Å². The van der Waals surface area contributed by atoms with Crippen LogP contribution in [0.5, 0.6) is 0 Å². The predicted molar refractivity (Wildman–Crippen MR) is 74.0 cm³/mol. The van der Waals surface area contributed by atoms with Crippen LogP contribution in [0.15, 0.2) is 30.8 Å². The van der Waals surface area contributed by atoms with Crippen LogP contribution in [0.4, 0.5) is 0 Å². The number of hydrogen-bond acceptors (Lipinski definition) is 2. The Morgan fingerprint density at radius 3 is 2.35 bits per heavy atom. The molecule has 0 aromatic heterocycles. The van der Waals surface area contributed by atoms with Crippen molar-refractivity contribution in [1.82, 2.24) is 4.90 Å². The first-order chi connectivity index (χ1) is 8.30. The van der Waals surface area contributed by atoms with Crippen LogP contribution in [0.2, 0.25) is 0 Å². The van der Waals surface area contributed by atoms with Gasteiger partial charge in [0.15, 0.2) is 0 Å². The fraction of sp³-hybridized carbons (Fsp3) is 0.467. The zero-order chi connectivity index (χ0) is 12.5. The van der Waals surface area contributed by atoms with Crippen molar-refractivity contribution in [2.75, 3.05) is 26.4 Å². The monoisotopic (exact) mass is 233 g/mol. The van der Waals surface area contributed by atoms with Crippen molar-refractivity contribution in [2.24, 2.45) is 0 Å². The van der Waals surface area contributed by atoms with E-state index in [1.807, 2.05) is 6.08 Å². The molecule has 1 aromatic rings. The van der Waals surface area contributed by atoms with E-state index in [1.54, 1.807) is 0 Å². The molecule has 0 saturated heterocycles. The second-order valence-corrected chi connectivity index (χ2v) is 4.04. The normalized spacial score (nSPS) is 10.8. The van der Waals surface area contributed by atoms with Gasteiger partial charge >= 0.3 is 0 Å². The molecule has 94 valence electrons. The molecule has 0 fully saturated rings.